The summed E-state index contributed by atoms with van der Waals surface area (Å²) in [5.74, 6) is 1.81. The monoisotopic (exact) mass is 264 g/mol. The minimum Gasteiger partial charge on any atom is -0.493 e. The highest BCUT2D eigenvalue weighted by Crippen LogP contribution is 2.40. The van der Waals surface area contributed by atoms with E-state index in [9.17, 15) is 0 Å². The summed E-state index contributed by atoms with van der Waals surface area (Å²) in [6, 6.07) is 6.04. The van der Waals surface area contributed by atoms with Crippen LogP contribution in [0.1, 0.15) is 24.4 Å². The van der Waals surface area contributed by atoms with E-state index in [1.807, 2.05) is 19.2 Å². The summed E-state index contributed by atoms with van der Waals surface area (Å²) in [7, 11) is 6.62. The molecule has 5 nitrogen and oxygen atoms in total. The van der Waals surface area contributed by atoms with Crippen LogP contribution in [0.4, 0.5) is 0 Å². The van der Waals surface area contributed by atoms with Crippen molar-refractivity contribution in [2.45, 2.75) is 18.9 Å². The molecule has 19 heavy (non-hydrogen) atoms. The predicted octanol–water partition coefficient (Wildman–Crippen LogP) is 2.28. The zero-order chi connectivity index (χ0) is 14.3. The zero-order valence-corrected chi connectivity index (χ0v) is 11.8. The SMILES string of the molecule is CNC(CCC#N)c1cc(OC)c(OC)c(OC)c1. The van der Waals surface area contributed by atoms with Crippen molar-refractivity contribution in [2.75, 3.05) is 28.4 Å². The molecule has 1 aromatic rings. The lowest BCUT2D eigenvalue weighted by Crippen LogP contribution is -2.16. The van der Waals surface area contributed by atoms with Gasteiger partial charge < -0.3 is 19.5 Å². The molecule has 1 unspecified atom stereocenters. The first-order valence-corrected chi connectivity index (χ1v) is 6.05. The first-order valence-electron chi connectivity index (χ1n) is 6.05. The van der Waals surface area contributed by atoms with Crippen molar-refractivity contribution in [1.82, 2.24) is 5.32 Å². The van der Waals surface area contributed by atoms with Crippen LogP contribution in [-0.2, 0) is 0 Å². The van der Waals surface area contributed by atoms with Crippen LogP contribution >= 0.6 is 0 Å². The predicted molar refractivity (Wildman–Crippen MR) is 72.7 cm³/mol. The van der Waals surface area contributed by atoms with E-state index in [2.05, 4.69) is 11.4 Å². The first kappa shape index (κ1) is 15.1. The van der Waals surface area contributed by atoms with Gasteiger partial charge in [-0.2, -0.15) is 5.26 Å². The van der Waals surface area contributed by atoms with Crippen molar-refractivity contribution in [2.24, 2.45) is 0 Å². The van der Waals surface area contributed by atoms with Crippen LogP contribution in [0.3, 0.4) is 0 Å². The van der Waals surface area contributed by atoms with Gasteiger partial charge in [0.05, 0.1) is 27.4 Å². The quantitative estimate of drug-likeness (QED) is 0.818. The Balaban J connectivity index is 3.17. The van der Waals surface area contributed by atoms with Gasteiger partial charge in [-0.3, -0.25) is 0 Å². The topological polar surface area (TPSA) is 63.5 Å². The fourth-order valence-corrected chi connectivity index (χ4v) is 1.99. The molecule has 0 aliphatic carbocycles. The molecule has 1 N–H and O–H groups in total. The standard InChI is InChI=1S/C14H20N2O3/c1-16-11(6-5-7-15)10-8-12(17-2)14(19-4)13(9-10)18-3/h8-9,11,16H,5-6H2,1-4H3. The van der Waals surface area contributed by atoms with E-state index in [1.54, 1.807) is 21.3 Å². The lowest BCUT2D eigenvalue weighted by Gasteiger charge is -2.19. The highest BCUT2D eigenvalue weighted by atomic mass is 16.5. The molecule has 0 spiro atoms. The summed E-state index contributed by atoms with van der Waals surface area (Å²) in [4.78, 5) is 0. The summed E-state index contributed by atoms with van der Waals surface area (Å²) >= 11 is 0. The third-order valence-electron chi connectivity index (χ3n) is 2.98. The molecule has 1 rings (SSSR count). The van der Waals surface area contributed by atoms with E-state index in [0.29, 0.717) is 23.7 Å². The summed E-state index contributed by atoms with van der Waals surface area (Å²) in [5, 5.41) is 11.9. The van der Waals surface area contributed by atoms with Gasteiger partial charge in [0.15, 0.2) is 11.5 Å². The molecular formula is C14H20N2O3. The molecule has 1 atom stereocenters. The molecular weight excluding hydrogens is 244 g/mol. The Kier molecular flexibility index (Phi) is 5.97. The van der Waals surface area contributed by atoms with Crippen molar-refractivity contribution in [3.05, 3.63) is 17.7 Å². The average Bonchev–Trinajstić information content (AvgIpc) is 2.46. The lowest BCUT2D eigenvalue weighted by atomic mass is 10.0. The number of hydrogen-bond acceptors (Lipinski definition) is 5. The van der Waals surface area contributed by atoms with E-state index in [1.165, 1.54) is 0 Å². The lowest BCUT2D eigenvalue weighted by molar-refractivity contribution is 0.323. The second-order valence-electron chi connectivity index (χ2n) is 4.00. The van der Waals surface area contributed by atoms with Crippen LogP contribution in [0.15, 0.2) is 12.1 Å². The molecule has 0 radical (unpaired) electrons. The second kappa shape index (κ2) is 7.49. The number of ether oxygens (including phenoxy) is 3. The molecule has 0 bridgehead atoms. The van der Waals surface area contributed by atoms with Crippen LogP contribution in [0, 0.1) is 11.3 Å². The number of nitrogens with zero attached hydrogens (tertiary/aromatic N) is 1. The highest BCUT2D eigenvalue weighted by molar-refractivity contribution is 5.54. The van der Waals surface area contributed by atoms with Gasteiger partial charge in [0.2, 0.25) is 5.75 Å². The fraction of sp³-hybridized carbons (Fsp3) is 0.500. The van der Waals surface area contributed by atoms with E-state index in [-0.39, 0.29) is 6.04 Å². The molecule has 5 heteroatoms. The van der Waals surface area contributed by atoms with Gasteiger partial charge in [-0.15, -0.1) is 0 Å². The third kappa shape index (κ3) is 3.52. The van der Waals surface area contributed by atoms with Crippen molar-refractivity contribution in [3.63, 3.8) is 0 Å². The largest absolute Gasteiger partial charge is 0.493 e. The second-order valence-corrected chi connectivity index (χ2v) is 4.00. The third-order valence-corrected chi connectivity index (χ3v) is 2.98. The minimum atomic E-state index is 0.0772. The normalized spacial score (nSPS) is 11.5. The maximum Gasteiger partial charge on any atom is 0.203 e. The first-order chi connectivity index (χ1) is 9.21. The fourth-order valence-electron chi connectivity index (χ4n) is 1.99. The Morgan fingerprint density at radius 2 is 1.74 bits per heavy atom. The molecule has 1 aromatic carbocycles. The Bertz CT molecular complexity index is 429. The Morgan fingerprint density at radius 1 is 1.16 bits per heavy atom. The Hall–Kier alpha value is -1.93. The average molecular weight is 264 g/mol. The van der Waals surface area contributed by atoms with Crippen LogP contribution < -0.4 is 19.5 Å². The number of nitriles is 1. The van der Waals surface area contributed by atoms with Crippen molar-refractivity contribution in [1.29, 1.82) is 5.26 Å². The zero-order valence-electron chi connectivity index (χ0n) is 11.8. The molecule has 0 fully saturated rings. The van der Waals surface area contributed by atoms with Crippen molar-refractivity contribution < 1.29 is 14.2 Å². The van der Waals surface area contributed by atoms with E-state index >= 15 is 0 Å². The smallest absolute Gasteiger partial charge is 0.203 e. The minimum absolute atomic E-state index is 0.0772. The Labute approximate surface area is 114 Å². The van der Waals surface area contributed by atoms with E-state index in [0.717, 1.165) is 12.0 Å². The number of nitrogens with one attached hydrogen (secondary N) is 1. The number of rotatable bonds is 7. The molecule has 0 aromatic heterocycles. The molecule has 0 saturated carbocycles. The van der Waals surface area contributed by atoms with Crippen LogP contribution in [0.25, 0.3) is 0 Å². The number of benzene rings is 1. The molecule has 0 heterocycles. The molecule has 0 aliphatic heterocycles. The molecule has 0 saturated heterocycles. The van der Waals surface area contributed by atoms with Gasteiger partial charge in [-0.1, -0.05) is 0 Å². The van der Waals surface area contributed by atoms with Crippen LogP contribution in [0.2, 0.25) is 0 Å². The van der Waals surface area contributed by atoms with Gasteiger partial charge >= 0.3 is 0 Å². The van der Waals surface area contributed by atoms with E-state index < -0.39 is 0 Å². The summed E-state index contributed by atoms with van der Waals surface area (Å²) < 4.78 is 15.9. The van der Waals surface area contributed by atoms with Gasteiger partial charge in [0.1, 0.15) is 0 Å². The molecule has 0 amide bonds. The van der Waals surface area contributed by atoms with E-state index in [4.69, 9.17) is 19.5 Å². The summed E-state index contributed by atoms with van der Waals surface area (Å²) in [5.41, 5.74) is 1.01. The Morgan fingerprint density at radius 3 is 2.11 bits per heavy atom. The van der Waals surface area contributed by atoms with Crippen LogP contribution in [0.5, 0.6) is 17.2 Å². The van der Waals surface area contributed by atoms with Crippen molar-refractivity contribution in [3.8, 4) is 23.3 Å². The van der Waals surface area contributed by atoms with Gasteiger partial charge in [-0.25, -0.2) is 0 Å². The van der Waals surface area contributed by atoms with Crippen molar-refractivity contribution >= 4 is 0 Å². The van der Waals surface area contributed by atoms with Gasteiger partial charge in [0.25, 0.3) is 0 Å². The molecule has 0 aliphatic rings. The molecule has 104 valence electrons. The van der Waals surface area contributed by atoms with Crippen LogP contribution in [-0.4, -0.2) is 28.4 Å². The maximum atomic E-state index is 8.69. The summed E-state index contributed by atoms with van der Waals surface area (Å²) in [6.07, 6.45) is 1.22. The van der Waals surface area contributed by atoms with Gasteiger partial charge in [-0.05, 0) is 31.2 Å². The number of methoxy groups -OCH3 is 3. The highest BCUT2D eigenvalue weighted by Gasteiger charge is 2.17. The van der Waals surface area contributed by atoms with Gasteiger partial charge in [0, 0.05) is 12.5 Å². The maximum absolute atomic E-state index is 8.69. The summed E-state index contributed by atoms with van der Waals surface area (Å²) in [6.45, 7) is 0. The number of hydrogen-bond donors (Lipinski definition) is 1.